The summed E-state index contributed by atoms with van der Waals surface area (Å²) in [5.41, 5.74) is -0.144. The second-order valence-electron chi connectivity index (χ2n) is 2.39. The first-order chi connectivity index (χ1) is 6.07. The summed E-state index contributed by atoms with van der Waals surface area (Å²) < 4.78 is 25.2. The highest BCUT2D eigenvalue weighted by molar-refractivity contribution is 9.10. The Morgan fingerprint density at radius 2 is 2.23 bits per heavy atom. The van der Waals surface area contributed by atoms with Gasteiger partial charge in [-0.05, 0) is 22.9 Å². The lowest BCUT2D eigenvalue weighted by Crippen LogP contribution is -1.98. The number of aryl methyl sites for hydroxylation is 1. The van der Waals surface area contributed by atoms with E-state index >= 15 is 0 Å². The van der Waals surface area contributed by atoms with Crippen molar-refractivity contribution < 1.29 is 8.78 Å². The molecule has 0 fully saturated rings. The molecule has 0 unspecified atom stereocenters. The molecule has 1 heterocycles. The van der Waals surface area contributed by atoms with Gasteiger partial charge in [-0.25, -0.2) is 8.78 Å². The lowest BCUT2D eigenvalue weighted by molar-refractivity contribution is 0.149. The smallest absolute Gasteiger partial charge is 0.260 e. The molecule has 0 amide bonds. The van der Waals surface area contributed by atoms with Crippen LogP contribution in [0.2, 0.25) is 0 Å². The summed E-state index contributed by atoms with van der Waals surface area (Å²) >= 11 is 2.99. The molecule has 68 valence electrons. The molecule has 2 nitrogen and oxygen atoms in total. The maximum absolute atomic E-state index is 12.4. The maximum atomic E-state index is 12.4. The first-order valence-electron chi connectivity index (χ1n) is 3.41. The molecule has 0 aliphatic heterocycles. The standard InChI is InChI=1S/C8H5BrF2N2/c1-4-7(8(10)11)5(2-12)6(9)3-13-4/h3,8H,1H3. The Hall–Kier alpha value is -1.02. The number of hydrogen-bond acceptors (Lipinski definition) is 2. The molecule has 0 N–H and O–H groups in total. The van der Waals surface area contributed by atoms with Crippen molar-refractivity contribution in [1.82, 2.24) is 4.98 Å². The molecule has 1 aromatic rings. The average Bonchev–Trinajstić information content (AvgIpc) is 2.07. The molecule has 0 aliphatic rings. The Kier molecular flexibility index (Phi) is 2.94. The SMILES string of the molecule is Cc1ncc(Br)c(C#N)c1C(F)F. The van der Waals surface area contributed by atoms with E-state index in [-0.39, 0.29) is 16.8 Å². The molecule has 1 rings (SSSR count). The third-order valence-corrected chi connectivity index (χ3v) is 2.20. The Bertz CT molecular complexity index is 371. The fourth-order valence-electron chi connectivity index (χ4n) is 0.978. The number of pyridine rings is 1. The molecule has 13 heavy (non-hydrogen) atoms. The first kappa shape index (κ1) is 10.1. The summed E-state index contributed by atoms with van der Waals surface area (Å²) in [5, 5.41) is 8.63. The fraction of sp³-hybridized carbons (Fsp3) is 0.250. The minimum absolute atomic E-state index is 0.0394. The van der Waals surface area contributed by atoms with Gasteiger partial charge in [-0.2, -0.15) is 5.26 Å². The predicted molar refractivity (Wildman–Crippen MR) is 46.3 cm³/mol. The van der Waals surface area contributed by atoms with Crippen molar-refractivity contribution in [1.29, 1.82) is 5.26 Å². The van der Waals surface area contributed by atoms with Crippen molar-refractivity contribution in [2.45, 2.75) is 13.3 Å². The predicted octanol–water partition coefficient (Wildman–Crippen LogP) is 2.96. The molecule has 0 aliphatic carbocycles. The van der Waals surface area contributed by atoms with Gasteiger partial charge < -0.3 is 0 Å². The van der Waals surface area contributed by atoms with Crippen LogP contribution in [0.4, 0.5) is 8.78 Å². The minimum atomic E-state index is -2.67. The van der Waals surface area contributed by atoms with Crippen molar-refractivity contribution >= 4 is 15.9 Å². The Morgan fingerprint density at radius 3 is 2.62 bits per heavy atom. The lowest BCUT2D eigenvalue weighted by atomic mass is 10.1. The van der Waals surface area contributed by atoms with Crippen LogP contribution in [0.15, 0.2) is 10.7 Å². The molecule has 0 aromatic carbocycles. The zero-order chi connectivity index (χ0) is 10.0. The van der Waals surface area contributed by atoms with Crippen LogP contribution in [0.5, 0.6) is 0 Å². The van der Waals surface area contributed by atoms with E-state index in [1.54, 1.807) is 6.07 Å². The largest absolute Gasteiger partial charge is 0.266 e. The van der Waals surface area contributed by atoms with Crippen molar-refractivity contribution in [3.8, 4) is 6.07 Å². The second kappa shape index (κ2) is 3.79. The Morgan fingerprint density at radius 1 is 1.62 bits per heavy atom. The number of nitrogens with zero attached hydrogens (tertiary/aromatic N) is 2. The van der Waals surface area contributed by atoms with Crippen LogP contribution in [0.1, 0.15) is 23.2 Å². The van der Waals surface area contributed by atoms with E-state index in [1.807, 2.05) is 0 Å². The number of hydrogen-bond donors (Lipinski definition) is 0. The van der Waals surface area contributed by atoms with Crippen molar-refractivity contribution in [3.05, 3.63) is 27.5 Å². The Balaban J connectivity index is 3.46. The summed E-state index contributed by atoms with van der Waals surface area (Å²) in [5.74, 6) is 0. The summed E-state index contributed by atoms with van der Waals surface area (Å²) in [6.45, 7) is 1.45. The highest BCUT2D eigenvalue weighted by atomic mass is 79.9. The van der Waals surface area contributed by atoms with E-state index < -0.39 is 6.43 Å². The van der Waals surface area contributed by atoms with Crippen LogP contribution < -0.4 is 0 Å². The topological polar surface area (TPSA) is 36.7 Å². The van der Waals surface area contributed by atoms with E-state index in [1.165, 1.54) is 13.1 Å². The van der Waals surface area contributed by atoms with Crippen LogP contribution in [-0.4, -0.2) is 4.98 Å². The van der Waals surface area contributed by atoms with Gasteiger partial charge in [0.25, 0.3) is 6.43 Å². The molecule has 0 atom stereocenters. The maximum Gasteiger partial charge on any atom is 0.266 e. The second-order valence-corrected chi connectivity index (χ2v) is 3.25. The van der Waals surface area contributed by atoms with Crippen LogP contribution >= 0.6 is 15.9 Å². The van der Waals surface area contributed by atoms with E-state index in [0.717, 1.165) is 0 Å². The molecule has 1 aromatic heterocycles. The van der Waals surface area contributed by atoms with Gasteiger partial charge >= 0.3 is 0 Å². The highest BCUT2D eigenvalue weighted by Gasteiger charge is 2.18. The number of rotatable bonds is 1. The van der Waals surface area contributed by atoms with Gasteiger partial charge in [-0.3, -0.25) is 4.98 Å². The van der Waals surface area contributed by atoms with E-state index in [9.17, 15) is 8.78 Å². The van der Waals surface area contributed by atoms with Crippen LogP contribution in [0.25, 0.3) is 0 Å². The monoisotopic (exact) mass is 246 g/mol. The van der Waals surface area contributed by atoms with Gasteiger partial charge in [0.1, 0.15) is 6.07 Å². The quantitative estimate of drug-likeness (QED) is 0.764. The van der Waals surface area contributed by atoms with Gasteiger partial charge in [-0.15, -0.1) is 0 Å². The minimum Gasteiger partial charge on any atom is -0.260 e. The van der Waals surface area contributed by atoms with Gasteiger partial charge in [-0.1, -0.05) is 0 Å². The normalized spacial score (nSPS) is 10.2. The molecular formula is C8H5BrF2N2. The van der Waals surface area contributed by atoms with Crippen LogP contribution in [-0.2, 0) is 0 Å². The summed E-state index contributed by atoms with van der Waals surface area (Å²) in [6.07, 6.45) is -1.32. The van der Waals surface area contributed by atoms with Crippen LogP contribution in [0.3, 0.4) is 0 Å². The number of halogens is 3. The number of aromatic nitrogens is 1. The molecule has 5 heteroatoms. The Labute approximate surface area is 82.3 Å². The zero-order valence-corrected chi connectivity index (χ0v) is 8.27. The van der Waals surface area contributed by atoms with Crippen molar-refractivity contribution in [2.24, 2.45) is 0 Å². The van der Waals surface area contributed by atoms with E-state index in [2.05, 4.69) is 20.9 Å². The molecule has 0 saturated heterocycles. The molecular weight excluding hydrogens is 242 g/mol. The average molecular weight is 247 g/mol. The summed E-state index contributed by atoms with van der Waals surface area (Å²) in [4.78, 5) is 3.73. The molecule has 0 saturated carbocycles. The first-order valence-corrected chi connectivity index (χ1v) is 4.20. The molecule has 0 radical (unpaired) electrons. The van der Waals surface area contributed by atoms with Gasteiger partial charge in [0, 0.05) is 11.9 Å². The molecule has 0 bridgehead atoms. The van der Waals surface area contributed by atoms with Gasteiger partial charge in [0.15, 0.2) is 0 Å². The van der Waals surface area contributed by atoms with Crippen molar-refractivity contribution in [3.63, 3.8) is 0 Å². The third-order valence-electron chi connectivity index (χ3n) is 1.60. The number of alkyl halides is 2. The lowest BCUT2D eigenvalue weighted by Gasteiger charge is -2.06. The summed E-state index contributed by atoms with van der Waals surface area (Å²) in [7, 11) is 0. The third kappa shape index (κ3) is 1.83. The highest BCUT2D eigenvalue weighted by Crippen LogP contribution is 2.29. The summed E-state index contributed by atoms with van der Waals surface area (Å²) in [6, 6.07) is 1.72. The fourth-order valence-corrected chi connectivity index (χ4v) is 1.38. The van der Waals surface area contributed by atoms with Gasteiger partial charge in [0.05, 0.1) is 15.6 Å². The molecule has 0 spiro atoms. The zero-order valence-electron chi connectivity index (χ0n) is 6.68. The van der Waals surface area contributed by atoms with Gasteiger partial charge in [0.2, 0.25) is 0 Å². The number of nitriles is 1. The van der Waals surface area contributed by atoms with Crippen molar-refractivity contribution in [2.75, 3.05) is 0 Å². The van der Waals surface area contributed by atoms with E-state index in [4.69, 9.17) is 5.26 Å². The van der Waals surface area contributed by atoms with Crippen LogP contribution in [0, 0.1) is 18.3 Å². The van der Waals surface area contributed by atoms with E-state index in [0.29, 0.717) is 4.47 Å².